The highest BCUT2D eigenvalue weighted by atomic mass is 16.6. The first-order valence-electron chi connectivity index (χ1n) is 12.0. The van der Waals surface area contributed by atoms with Gasteiger partial charge in [0, 0.05) is 18.3 Å². The Morgan fingerprint density at radius 2 is 1.86 bits per heavy atom. The third kappa shape index (κ3) is 6.07. The summed E-state index contributed by atoms with van der Waals surface area (Å²) >= 11 is 0. The van der Waals surface area contributed by atoms with Gasteiger partial charge in [-0.25, -0.2) is 4.79 Å². The first-order valence-corrected chi connectivity index (χ1v) is 12.0. The molecule has 2 atom stereocenters. The third-order valence-electron chi connectivity index (χ3n) is 5.97. The van der Waals surface area contributed by atoms with Gasteiger partial charge >= 0.3 is 6.09 Å². The van der Waals surface area contributed by atoms with Crippen LogP contribution in [0.5, 0.6) is 0 Å². The maximum absolute atomic E-state index is 13.5. The summed E-state index contributed by atoms with van der Waals surface area (Å²) in [6.45, 7) is 4.38. The lowest BCUT2D eigenvalue weighted by Gasteiger charge is -2.24. The largest absolute Gasteiger partial charge is 0.438 e. The second kappa shape index (κ2) is 11.5. The van der Waals surface area contributed by atoms with Crippen LogP contribution in [0.2, 0.25) is 0 Å². The molecule has 2 unspecified atom stereocenters. The van der Waals surface area contributed by atoms with Crippen LogP contribution in [0.3, 0.4) is 0 Å². The first-order chi connectivity index (χ1) is 17.4. The van der Waals surface area contributed by atoms with Gasteiger partial charge in [-0.2, -0.15) is 0 Å². The lowest BCUT2D eigenvalue weighted by molar-refractivity contribution is -0.126. The number of rotatable bonds is 9. The predicted molar refractivity (Wildman–Crippen MR) is 136 cm³/mol. The van der Waals surface area contributed by atoms with Crippen molar-refractivity contribution >= 4 is 23.6 Å². The van der Waals surface area contributed by atoms with Gasteiger partial charge in [0.25, 0.3) is 0 Å². The van der Waals surface area contributed by atoms with E-state index in [0.29, 0.717) is 23.4 Å². The zero-order valence-corrected chi connectivity index (χ0v) is 20.4. The van der Waals surface area contributed by atoms with Crippen molar-refractivity contribution in [3.05, 3.63) is 95.3 Å². The molecule has 1 fully saturated rings. The van der Waals surface area contributed by atoms with Crippen molar-refractivity contribution in [2.24, 2.45) is 0 Å². The van der Waals surface area contributed by atoms with E-state index in [4.69, 9.17) is 4.74 Å². The summed E-state index contributed by atoms with van der Waals surface area (Å²) in [5.41, 5.74) is 3.92. The fourth-order valence-corrected chi connectivity index (χ4v) is 4.13. The van der Waals surface area contributed by atoms with Crippen molar-refractivity contribution in [3.63, 3.8) is 0 Å². The Balaban J connectivity index is 1.60. The molecule has 1 aliphatic rings. The van der Waals surface area contributed by atoms with Gasteiger partial charge in [0.05, 0.1) is 18.8 Å². The summed E-state index contributed by atoms with van der Waals surface area (Å²) < 4.78 is 5.75. The molecule has 3 amide bonds. The van der Waals surface area contributed by atoms with Gasteiger partial charge in [0.15, 0.2) is 12.1 Å². The standard InChI is InChI=1S/C28H30N4O4/c1-3-7-24(33)31-22-10-6-8-21(16-22)26-25(27(34)30-17-23-9-4-5-15-29-23)32(28(35)36-26)18-20-13-11-19(2)12-14-20/h4-6,8-16,25-26H,3,7,17-18H2,1-2H3,(H,30,34)(H,31,33). The molecular formula is C28H30N4O4. The molecule has 1 aliphatic heterocycles. The minimum absolute atomic E-state index is 0.0938. The summed E-state index contributed by atoms with van der Waals surface area (Å²) in [5.74, 6) is -0.437. The van der Waals surface area contributed by atoms with Crippen LogP contribution in [0.4, 0.5) is 10.5 Å². The Hall–Kier alpha value is -4.20. The molecule has 0 spiro atoms. The van der Waals surface area contributed by atoms with Crippen LogP contribution in [-0.4, -0.2) is 33.8 Å². The number of nitrogens with one attached hydrogen (secondary N) is 2. The van der Waals surface area contributed by atoms with Crippen LogP contribution < -0.4 is 10.6 Å². The summed E-state index contributed by atoms with van der Waals surface area (Å²) in [7, 11) is 0. The molecule has 4 rings (SSSR count). The number of pyridine rings is 1. The number of anilines is 1. The molecule has 3 aromatic rings. The fraction of sp³-hybridized carbons (Fsp3) is 0.286. The zero-order chi connectivity index (χ0) is 25.5. The summed E-state index contributed by atoms with van der Waals surface area (Å²) in [6, 6.07) is 19.5. The van der Waals surface area contributed by atoms with Gasteiger partial charge < -0.3 is 15.4 Å². The Bertz CT molecular complexity index is 1210. The van der Waals surface area contributed by atoms with E-state index in [1.807, 2.05) is 50.2 Å². The average Bonchev–Trinajstić information content (AvgIpc) is 3.20. The number of nitrogens with zero attached hydrogens (tertiary/aromatic N) is 2. The molecular weight excluding hydrogens is 456 g/mol. The van der Waals surface area contributed by atoms with E-state index in [1.165, 1.54) is 4.90 Å². The predicted octanol–water partition coefficient (Wildman–Crippen LogP) is 4.51. The van der Waals surface area contributed by atoms with Crippen LogP contribution in [0.15, 0.2) is 72.9 Å². The molecule has 36 heavy (non-hydrogen) atoms. The van der Waals surface area contributed by atoms with E-state index in [1.54, 1.807) is 36.5 Å². The summed E-state index contributed by atoms with van der Waals surface area (Å²) in [5, 5.41) is 5.77. The lowest BCUT2D eigenvalue weighted by Crippen LogP contribution is -2.46. The third-order valence-corrected chi connectivity index (χ3v) is 5.97. The molecule has 0 radical (unpaired) electrons. The maximum Gasteiger partial charge on any atom is 0.411 e. The number of carbonyl (C=O) groups is 3. The molecule has 2 heterocycles. The zero-order valence-electron chi connectivity index (χ0n) is 20.4. The number of cyclic esters (lactones) is 1. The number of amides is 3. The second-order valence-electron chi connectivity index (χ2n) is 8.83. The van der Waals surface area contributed by atoms with Crippen molar-refractivity contribution < 1.29 is 19.1 Å². The Morgan fingerprint density at radius 1 is 1.06 bits per heavy atom. The number of aryl methyl sites for hydroxylation is 1. The van der Waals surface area contributed by atoms with Crippen LogP contribution in [-0.2, 0) is 27.4 Å². The summed E-state index contributed by atoms with van der Waals surface area (Å²) in [4.78, 5) is 44.3. The van der Waals surface area contributed by atoms with Gasteiger partial charge in [0.2, 0.25) is 11.8 Å². The van der Waals surface area contributed by atoms with E-state index in [-0.39, 0.29) is 24.9 Å². The van der Waals surface area contributed by atoms with Crippen molar-refractivity contribution in [3.8, 4) is 0 Å². The maximum atomic E-state index is 13.5. The second-order valence-corrected chi connectivity index (χ2v) is 8.83. The molecule has 2 aromatic carbocycles. The van der Waals surface area contributed by atoms with Gasteiger partial charge in [-0.1, -0.05) is 55.0 Å². The van der Waals surface area contributed by atoms with Crippen LogP contribution in [0, 0.1) is 6.92 Å². The molecule has 2 N–H and O–H groups in total. The smallest absolute Gasteiger partial charge is 0.411 e. The summed E-state index contributed by atoms with van der Waals surface area (Å²) in [6.07, 6.45) is 1.40. The van der Waals surface area contributed by atoms with Gasteiger partial charge in [0.1, 0.15) is 0 Å². The number of aromatic nitrogens is 1. The molecule has 8 heteroatoms. The highest BCUT2D eigenvalue weighted by Crippen LogP contribution is 2.35. The molecule has 1 aromatic heterocycles. The van der Waals surface area contributed by atoms with Crippen LogP contribution >= 0.6 is 0 Å². The van der Waals surface area contributed by atoms with Gasteiger partial charge in [-0.3, -0.25) is 19.5 Å². The van der Waals surface area contributed by atoms with Gasteiger partial charge in [-0.15, -0.1) is 0 Å². The average molecular weight is 487 g/mol. The highest BCUT2D eigenvalue weighted by Gasteiger charge is 2.47. The number of hydrogen-bond donors (Lipinski definition) is 2. The van der Waals surface area contributed by atoms with Crippen molar-refractivity contribution in [1.82, 2.24) is 15.2 Å². The molecule has 0 aliphatic carbocycles. The molecule has 1 saturated heterocycles. The van der Waals surface area contributed by atoms with E-state index in [2.05, 4.69) is 15.6 Å². The van der Waals surface area contributed by atoms with E-state index >= 15 is 0 Å². The van der Waals surface area contributed by atoms with Crippen molar-refractivity contribution in [1.29, 1.82) is 0 Å². The molecule has 0 saturated carbocycles. The Morgan fingerprint density at radius 3 is 2.58 bits per heavy atom. The Labute approximate surface area is 210 Å². The quantitative estimate of drug-likeness (QED) is 0.464. The van der Waals surface area contributed by atoms with E-state index in [0.717, 1.165) is 17.5 Å². The Kier molecular flexibility index (Phi) is 7.95. The minimum atomic E-state index is -0.899. The van der Waals surface area contributed by atoms with Crippen molar-refractivity contribution in [2.45, 2.75) is 51.9 Å². The van der Waals surface area contributed by atoms with E-state index in [9.17, 15) is 14.4 Å². The van der Waals surface area contributed by atoms with Crippen molar-refractivity contribution in [2.75, 3.05) is 5.32 Å². The number of hydrogen-bond acceptors (Lipinski definition) is 5. The fourth-order valence-electron chi connectivity index (χ4n) is 4.13. The number of ether oxygens (including phenoxy) is 1. The van der Waals surface area contributed by atoms with Gasteiger partial charge in [-0.05, 0) is 48.7 Å². The van der Waals surface area contributed by atoms with Crippen LogP contribution in [0.1, 0.15) is 48.3 Å². The minimum Gasteiger partial charge on any atom is -0.438 e. The normalized spacial score (nSPS) is 16.9. The molecule has 8 nitrogen and oxygen atoms in total. The number of carbonyl (C=O) groups excluding carboxylic acids is 3. The molecule has 186 valence electrons. The van der Waals surface area contributed by atoms with E-state index < -0.39 is 18.2 Å². The monoisotopic (exact) mass is 486 g/mol. The first kappa shape index (κ1) is 24.9. The SMILES string of the molecule is CCCC(=O)Nc1cccc(C2OC(=O)N(Cc3ccc(C)cc3)C2C(=O)NCc2ccccn2)c1. The highest BCUT2D eigenvalue weighted by molar-refractivity contribution is 5.91. The number of benzene rings is 2. The lowest BCUT2D eigenvalue weighted by atomic mass is 10.00. The van der Waals surface area contributed by atoms with Crippen LogP contribution in [0.25, 0.3) is 0 Å². The molecule has 0 bridgehead atoms. The topological polar surface area (TPSA) is 101 Å².